The quantitative estimate of drug-likeness (QED) is 0.306. The maximum atomic E-state index is 12.2. The molecule has 1 heterocycles. The third kappa shape index (κ3) is 8.40. The van der Waals surface area contributed by atoms with E-state index >= 15 is 0 Å². The van der Waals surface area contributed by atoms with Crippen molar-refractivity contribution in [2.45, 2.75) is 202 Å². The van der Waals surface area contributed by atoms with E-state index in [9.17, 15) is 10.2 Å². The number of hydrogen-bond acceptors (Lipinski definition) is 2. The molecular formula is C44H68O2S2Zr. The van der Waals surface area contributed by atoms with E-state index in [1.807, 2.05) is 0 Å². The first-order valence-electron chi connectivity index (χ1n) is 20.0. The molecule has 6 rings (SSSR count). The summed E-state index contributed by atoms with van der Waals surface area (Å²) in [6.45, 7) is 19.0. The molecule has 3 fully saturated rings. The number of aromatic hydroxyl groups is 2. The number of hydrogen-bond donors (Lipinski definition) is 2. The topological polar surface area (TPSA) is 40.5 Å². The van der Waals surface area contributed by atoms with Crippen molar-refractivity contribution >= 4 is 14.2 Å². The molecule has 2 aromatic rings. The van der Waals surface area contributed by atoms with Crippen molar-refractivity contribution in [2.24, 2.45) is 0 Å². The van der Waals surface area contributed by atoms with E-state index in [0.717, 1.165) is 22.0 Å². The zero-order chi connectivity index (χ0) is 35.2. The van der Waals surface area contributed by atoms with Gasteiger partial charge in [-0.1, -0.05) is 0 Å². The molecule has 0 spiro atoms. The molecule has 3 unspecified atom stereocenters. The standard InChI is InChI=1S/C44H68O2S2.Zr/c1-41(2,3)33-25-31(39(45)35(27-33)43(7)21-15-11-16-22-43)29-47-37-19-13-9-10-14-20-38(37)48-30-32-26-34(42(4,5)6)28-36(40(32)46)44(8)23-17-12-18-24-44;/h25-28,37-38,45-46H,9-24,29-30H2,1-8H3;/t37-,38?;/m0./s1. The predicted molar refractivity (Wildman–Crippen MR) is 212 cm³/mol. The Morgan fingerprint density at radius 3 is 1.27 bits per heavy atom. The van der Waals surface area contributed by atoms with Crippen molar-refractivity contribution in [3.8, 4) is 11.5 Å². The monoisotopic (exact) mass is 782 g/mol. The van der Waals surface area contributed by atoms with Crippen LogP contribution in [0.5, 0.6) is 11.5 Å². The van der Waals surface area contributed by atoms with Crippen LogP contribution in [0.3, 0.4) is 0 Å². The van der Waals surface area contributed by atoms with Crippen LogP contribution in [0.2, 0.25) is 0 Å². The molecule has 272 valence electrons. The summed E-state index contributed by atoms with van der Waals surface area (Å²) in [7, 11) is 0.809. The summed E-state index contributed by atoms with van der Waals surface area (Å²) in [5, 5.41) is 26.0. The van der Waals surface area contributed by atoms with Crippen LogP contribution in [0.4, 0.5) is 0 Å². The fraction of sp³-hybridized carbons (Fsp3) is 0.727. The van der Waals surface area contributed by atoms with Gasteiger partial charge in [0.1, 0.15) is 0 Å². The van der Waals surface area contributed by atoms with Gasteiger partial charge < -0.3 is 0 Å². The summed E-state index contributed by atoms with van der Waals surface area (Å²) in [6.07, 6.45) is 20.9. The van der Waals surface area contributed by atoms with E-state index in [0.29, 0.717) is 25.7 Å². The molecule has 5 heteroatoms. The molecule has 2 nitrogen and oxygen atoms in total. The zero-order valence-electron chi connectivity index (χ0n) is 32.4. The number of rotatable bonds is 6. The number of phenolic OH excluding ortho intramolecular Hbond substituents is 2. The Morgan fingerprint density at radius 2 is 0.918 bits per heavy atom. The molecule has 3 saturated carbocycles. The number of phenols is 2. The fourth-order valence-corrected chi connectivity index (χ4v) is 38.4. The Balaban J connectivity index is 1.44. The van der Waals surface area contributed by atoms with Crippen molar-refractivity contribution in [3.63, 3.8) is 0 Å². The summed E-state index contributed by atoms with van der Waals surface area (Å²) in [5.41, 5.74) is 8.19. The summed E-state index contributed by atoms with van der Waals surface area (Å²) < 4.78 is 0. The minimum absolute atomic E-state index is 0.0658. The van der Waals surface area contributed by atoms with Crippen LogP contribution in [0.15, 0.2) is 24.3 Å². The predicted octanol–water partition coefficient (Wildman–Crippen LogP) is 13.4. The molecule has 0 amide bonds. The van der Waals surface area contributed by atoms with Gasteiger partial charge >= 0.3 is 315 Å². The molecule has 0 radical (unpaired) electrons. The first kappa shape index (κ1) is 38.4. The van der Waals surface area contributed by atoms with E-state index in [1.165, 1.54) is 136 Å². The van der Waals surface area contributed by atoms with Gasteiger partial charge in [-0.2, -0.15) is 0 Å². The Kier molecular flexibility index (Phi) is 11.9. The molecule has 1 aliphatic heterocycles. The van der Waals surface area contributed by atoms with E-state index in [4.69, 9.17) is 0 Å². The van der Waals surface area contributed by atoms with Gasteiger partial charge in [-0.3, -0.25) is 0 Å². The van der Waals surface area contributed by atoms with Gasteiger partial charge in [0.15, 0.2) is 0 Å². The second kappa shape index (κ2) is 15.2. The van der Waals surface area contributed by atoms with E-state index in [-0.39, 0.29) is 21.7 Å². The van der Waals surface area contributed by atoms with Crippen LogP contribution in [0, 0.1) is 0 Å². The molecule has 0 bridgehead atoms. The van der Waals surface area contributed by atoms with Crippen LogP contribution in [-0.4, -0.2) is 20.7 Å². The third-order valence-electron chi connectivity index (χ3n) is 13.0. The second-order valence-corrected chi connectivity index (χ2v) is 34.7. The van der Waals surface area contributed by atoms with Gasteiger partial charge in [-0.15, -0.1) is 0 Å². The van der Waals surface area contributed by atoms with Gasteiger partial charge in [0, 0.05) is 0 Å². The van der Waals surface area contributed by atoms with Crippen molar-refractivity contribution in [3.05, 3.63) is 57.6 Å². The summed E-state index contributed by atoms with van der Waals surface area (Å²) in [5.74, 6) is 3.51. The number of fused-ring (bicyclic) bond motifs is 1. The van der Waals surface area contributed by atoms with E-state index < -0.39 is 19.2 Å². The zero-order valence-corrected chi connectivity index (χ0v) is 36.5. The van der Waals surface area contributed by atoms with Crippen molar-refractivity contribution in [1.29, 1.82) is 0 Å². The van der Waals surface area contributed by atoms with E-state index in [1.54, 1.807) is 0 Å². The third-order valence-corrected chi connectivity index (χ3v) is 34.8. The van der Waals surface area contributed by atoms with Gasteiger partial charge in [-0.25, -0.2) is 0 Å². The van der Waals surface area contributed by atoms with Crippen LogP contribution in [0.25, 0.3) is 0 Å². The molecule has 0 saturated heterocycles. The Morgan fingerprint density at radius 1 is 0.571 bits per heavy atom. The van der Waals surface area contributed by atoms with Gasteiger partial charge in [0.05, 0.1) is 0 Å². The first-order valence-corrected chi connectivity index (χ1v) is 28.9. The van der Waals surface area contributed by atoms with Gasteiger partial charge in [0.25, 0.3) is 0 Å². The normalized spacial score (nSPS) is 27.3. The molecule has 4 atom stereocenters. The Bertz CT molecular complexity index is 1470. The second-order valence-electron chi connectivity index (χ2n) is 19.1. The molecular weight excluding hydrogens is 716 g/mol. The average molecular weight is 784 g/mol. The first-order chi connectivity index (χ1) is 23.1. The van der Waals surface area contributed by atoms with Crippen LogP contribution >= 0.6 is 14.2 Å². The van der Waals surface area contributed by atoms with Crippen LogP contribution in [0.1, 0.15) is 192 Å². The molecule has 2 aromatic carbocycles. The van der Waals surface area contributed by atoms with Crippen molar-refractivity contribution < 1.29 is 29.4 Å². The van der Waals surface area contributed by atoms with Crippen LogP contribution < -0.4 is 0 Å². The fourth-order valence-electron chi connectivity index (χ4n) is 9.53. The van der Waals surface area contributed by atoms with Crippen LogP contribution in [-0.2, 0) is 52.3 Å². The summed E-state index contributed by atoms with van der Waals surface area (Å²) in [6, 6.07) is 9.67. The molecule has 2 N–H and O–H groups in total. The summed E-state index contributed by atoms with van der Waals surface area (Å²) in [4.78, 5) is 0. The SMILES string of the molecule is CC(C)(C)c1cc(C[S]2=[Zr]=[S](Cc3cc(C(C)(C)C)cc(C4(C)CCCCC4)c3O)[C@H]3CCCCCCC32)c(O)c(C2(C)CCCCC2)c1. The molecule has 4 aliphatic rings. The van der Waals surface area contributed by atoms with Gasteiger partial charge in [-0.05, 0) is 0 Å². The Hall–Kier alpha value is -0.377. The van der Waals surface area contributed by atoms with Crippen molar-refractivity contribution in [2.75, 3.05) is 0 Å². The van der Waals surface area contributed by atoms with E-state index in [2.05, 4.69) is 79.7 Å². The van der Waals surface area contributed by atoms with Crippen molar-refractivity contribution in [1.82, 2.24) is 0 Å². The van der Waals surface area contributed by atoms with Gasteiger partial charge in [0.2, 0.25) is 0 Å². The molecule has 3 aliphatic carbocycles. The molecule has 0 aromatic heterocycles. The molecule has 49 heavy (non-hydrogen) atoms. The Labute approximate surface area is 312 Å². The summed E-state index contributed by atoms with van der Waals surface area (Å²) >= 11 is -0.794. The number of benzene rings is 2. The minimum atomic E-state index is -0.794. The average Bonchev–Trinajstić information content (AvgIpc) is 3.32. The maximum absolute atomic E-state index is 12.2.